The highest BCUT2D eigenvalue weighted by Crippen LogP contribution is 2.28. The molecule has 1 N–H and O–H groups in total. The average molecular weight is 235 g/mol. The first kappa shape index (κ1) is 12.6. The molecule has 0 saturated heterocycles. The van der Waals surface area contributed by atoms with E-state index in [2.05, 4.69) is 19.2 Å². The number of nitrogens with one attached hydrogen (secondary N) is 1. The third kappa shape index (κ3) is 3.29. The average Bonchev–Trinajstić information content (AvgIpc) is 2.32. The standard InChI is InChI=1S/C15H22FN/c1-11-7-8-12(2)15(9-11)17-10-13-5-3-4-6-14(13)16/h3-6,11-12,15,17H,7-10H2,1-2H3. The largest absolute Gasteiger partial charge is 0.310 e. The molecule has 0 radical (unpaired) electrons. The molecule has 3 atom stereocenters. The van der Waals surface area contributed by atoms with Gasteiger partial charge in [0.2, 0.25) is 0 Å². The summed E-state index contributed by atoms with van der Waals surface area (Å²) in [5, 5.41) is 3.52. The van der Waals surface area contributed by atoms with Crippen molar-refractivity contribution < 1.29 is 4.39 Å². The second-order valence-corrected chi connectivity index (χ2v) is 5.47. The fraction of sp³-hybridized carbons (Fsp3) is 0.600. The molecule has 3 unspecified atom stereocenters. The summed E-state index contributed by atoms with van der Waals surface area (Å²) in [6, 6.07) is 7.57. The molecule has 0 amide bonds. The minimum atomic E-state index is -0.100. The van der Waals surface area contributed by atoms with E-state index in [-0.39, 0.29) is 5.82 Å². The van der Waals surface area contributed by atoms with E-state index in [4.69, 9.17) is 0 Å². The molecule has 1 aliphatic rings. The molecule has 2 rings (SSSR count). The zero-order chi connectivity index (χ0) is 12.3. The highest BCUT2D eigenvalue weighted by Gasteiger charge is 2.24. The smallest absolute Gasteiger partial charge is 0.127 e. The lowest BCUT2D eigenvalue weighted by atomic mass is 9.80. The van der Waals surface area contributed by atoms with Gasteiger partial charge in [0.1, 0.15) is 5.82 Å². The Bertz CT molecular complexity index is 364. The van der Waals surface area contributed by atoms with Gasteiger partial charge in [-0.2, -0.15) is 0 Å². The number of hydrogen-bond acceptors (Lipinski definition) is 1. The van der Waals surface area contributed by atoms with Crippen LogP contribution in [0.4, 0.5) is 4.39 Å². The fourth-order valence-electron chi connectivity index (χ4n) is 2.70. The van der Waals surface area contributed by atoms with Crippen LogP contribution in [-0.4, -0.2) is 6.04 Å². The Morgan fingerprint density at radius 1 is 1.24 bits per heavy atom. The normalized spacial score (nSPS) is 29.2. The second kappa shape index (κ2) is 5.63. The van der Waals surface area contributed by atoms with Crippen LogP contribution in [0.2, 0.25) is 0 Å². The SMILES string of the molecule is CC1CCC(C)C(NCc2ccccc2F)C1. The van der Waals surface area contributed by atoms with Crippen molar-refractivity contribution in [2.75, 3.05) is 0 Å². The number of benzene rings is 1. The van der Waals surface area contributed by atoms with Crippen LogP contribution in [0.5, 0.6) is 0 Å². The quantitative estimate of drug-likeness (QED) is 0.841. The number of halogens is 1. The topological polar surface area (TPSA) is 12.0 Å². The summed E-state index contributed by atoms with van der Waals surface area (Å²) in [5.74, 6) is 1.40. The Kier molecular flexibility index (Phi) is 4.16. The molecule has 0 heterocycles. The van der Waals surface area contributed by atoms with Crippen LogP contribution in [-0.2, 0) is 6.54 Å². The molecule has 1 aromatic rings. The van der Waals surface area contributed by atoms with Crippen molar-refractivity contribution in [1.82, 2.24) is 5.32 Å². The number of rotatable bonds is 3. The maximum atomic E-state index is 13.5. The molecule has 1 aromatic carbocycles. The minimum Gasteiger partial charge on any atom is -0.310 e. The summed E-state index contributed by atoms with van der Waals surface area (Å²) < 4.78 is 13.5. The Morgan fingerprint density at radius 2 is 2.00 bits per heavy atom. The number of hydrogen-bond donors (Lipinski definition) is 1. The van der Waals surface area contributed by atoms with E-state index >= 15 is 0 Å². The Labute approximate surface area is 103 Å². The maximum absolute atomic E-state index is 13.5. The van der Waals surface area contributed by atoms with Crippen molar-refractivity contribution in [3.8, 4) is 0 Å². The van der Waals surface area contributed by atoms with E-state index in [0.717, 1.165) is 11.5 Å². The summed E-state index contributed by atoms with van der Waals surface area (Å²) in [7, 11) is 0. The zero-order valence-corrected chi connectivity index (χ0v) is 10.7. The van der Waals surface area contributed by atoms with Gasteiger partial charge in [0.25, 0.3) is 0 Å². The molecule has 0 spiro atoms. The fourth-order valence-corrected chi connectivity index (χ4v) is 2.70. The van der Waals surface area contributed by atoms with Crippen molar-refractivity contribution in [1.29, 1.82) is 0 Å². The first-order valence-corrected chi connectivity index (χ1v) is 6.63. The lowest BCUT2D eigenvalue weighted by Crippen LogP contribution is -2.39. The van der Waals surface area contributed by atoms with Crippen molar-refractivity contribution in [2.45, 2.75) is 45.7 Å². The van der Waals surface area contributed by atoms with Gasteiger partial charge in [-0.15, -0.1) is 0 Å². The predicted octanol–water partition coefficient (Wildman–Crippen LogP) is 3.74. The summed E-state index contributed by atoms with van der Waals surface area (Å²) in [6.45, 7) is 5.25. The van der Waals surface area contributed by atoms with E-state index in [9.17, 15) is 4.39 Å². The molecule has 1 aliphatic carbocycles. The zero-order valence-electron chi connectivity index (χ0n) is 10.7. The van der Waals surface area contributed by atoms with Gasteiger partial charge in [-0.05, 0) is 30.7 Å². The molecule has 94 valence electrons. The van der Waals surface area contributed by atoms with Gasteiger partial charge in [-0.1, -0.05) is 38.5 Å². The molecule has 17 heavy (non-hydrogen) atoms. The molecular formula is C15H22FN. The predicted molar refractivity (Wildman–Crippen MR) is 69.2 cm³/mol. The first-order chi connectivity index (χ1) is 8.16. The van der Waals surface area contributed by atoms with Crippen LogP contribution in [0, 0.1) is 17.7 Å². The summed E-state index contributed by atoms with van der Waals surface area (Å²) >= 11 is 0. The van der Waals surface area contributed by atoms with E-state index < -0.39 is 0 Å². The summed E-state index contributed by atoms with van der Waals surface area (Å²) in [6.07, 6.45) is 3.84. The van der Waals surface area contributed by atoms with E-state index in [1.54, 1.807) is 6.07 Å². The van der Waals surface area contributed by atoms with Gasteiger partial charge >= 0.3 is 0 Å². The monoisotopic (exact) mass is 235 g/mol. The van der Waals surface area contributed by atoms with Gasteiger partial charge in [0, 0.05) is 18.2 Å². The van der Waals surface area contributed by atoms with Crippen molar-refractivity contribution in [3.63, 3.8) is 0 Å². The Balaban J connectivity index is 1.91. The summed E-state index contributed by atoms with van der Waals surface area (Å²) in [5.41, 5.74) is 0.776. The van der Waals surface area contributed by atoms with Crippen LogP contribution < -0.4 is 5.32 Å². The van der Waals surface area contributed by atoms with Crippen LogP contribution in [0.1, 0.15) is 38.7 Å². The van der Waals surface area contributed by atoms with Gasteiger partial charge in [0.15, 0.2) is 0 Å². The van der Waals surface area contributed by atoms with Crippen LogP contribution >= 0.6 is 0 Å². The van der Waals surface area contributed by atoms with Crippen LogP contribution in [0.15, 0.2) is 24.3 Å². The molecular weight excluding hydrogens is 213 g/mol. The highest BCUT2D eigenvalue weighted by atomic mass is 19.1. The van der Waals surface area contributed by atoms with Crippen molar-refractivity contribution >= 4 is 0 Å². The van der Waals surface area contributed by atoms with Gasteiger partial charge in [0.05, 0.1) is 0 Å². The first-order valence-electron chi connectivity index (χ1n) is 6.63. The molecule has 0 aromatic heterocycles. The molecule has 1 nitrogen and oxygen atoms in total. The molecule has 1 saturated carbocycles. The maximum Gasteiger partial charge on any atom is 0.127 e. The van der Waals surface area contributed by atoms with Gasteiger partial charge in [-0.25, -0.2) is 4.39 Å². The minimum absolute atomic E-state index is 0.100. The Hall–Kier alpha value is -0.890. The molecule has 2 heteroatoms. The summed E-state index contributed by atoms with van der Waals surface area (Å²) in [4.78, 5) is 0. The van der Waals surface area contributed by atoms with E-state index in [1.165, 1.54) is 25.3 Å². The third-order valence-corrected chi connectivity index (χ3v) is 3.97. The molecule has 0 bridgehead atoms. The van der Waals surface area contributed by atoms with Crippen molar-refractivity contribution in [2.24, 2.45) is 11.8 Å². The second-order valence-electron chi connectivity index (χ2n) is 5.47. The Morgan fingerprint density at radius 3 is 2.76 bits per heavy atom. The van der Waals surface area contributed by atoms with E-state index in [0.29, 0.717) is 18.5 Å². The lowest BCUT2D eigenvalue weighted by molar-refractivity contribution is 0.227. The van der Waals surface area contributed by atoms with Crippen LogP contribution in [0.25, 0.3) is 0 Å². The van der Waals surface area contributed by atoms with Crippen molar-refractivity contribution in [3.05, 3.63) is 35.6 Å². The molecule has 0 aliphatic heterocycles. The van der Waals surface area contributed by atoms with E-state index in [1.807, 2.05) is 12.1 Å². The molecule has 1 fully saturated rings. The lowest BCUT2D eigenvalue weighted by Gasteiger charge is -2.33. The van der Waals surface area contributed by atoms with Crippen LogP contribution in [0.3, 0.4) is 0 Å². The third-order valence-electron chi connectivity index (χ3n) is 3.97. The van der Waals surface area contributed by atoms with Gasteiger partial charge < -0.3 is 5.32 Å². The van der Waals surface area contributed by atoms with Gasteiger partial charge in [-0.3, -0.25) is 0 Å². The highest BCUT2D eigenvalue weighted by molar-refractivity contribution is 5.17.